The van der Waals surface area contributed by atoms with Gasteiger partial charge in [-0.15, -0.1) is 0 Å². The maximum Gasteiger partial charge on any atom is 0.325 e. The number of nitrogens with one attached hydrogen (secondary N) is 2. The molecule has 0 heterocycles. The number of hydrogen-bond acceptors (Lipinski definition) is 3. The van der Waals surface area contributed by atoms with Crippen molar-refractivity contribution in [3.05, 3.63) is 29.8 Å². The molecule has 22 heavy (non-hydrogen) atoms. The second-order valence-corrected chi connectivity index (χ2v) is 6.40. The Balaban J connectivity index is 2.65. The summed E-state index contributed by atoms with van der Waals surface area (Å²) in [7, 11) is 0. The highest BCUT2D eigenvalue weighted by molar-refractivity contribution is 5.97. The fraction of sp³-hybridized carbons (Fsp3) is 0.438. The van der Waals surface area contributed by atoms with Crippen LogP contribution in [0.4, 0.5) is 5.69 Å². The number of carbonyl (C=O) groups excluding carboxylic acids is 2. The predicted octanol–water partition coefficient (Wildman–Crippen LogP) is 2.26. The molecule has 1 aromatic rings. The number of hydrogen-bond donors (Lipinski definition) is 3. The number of aliphatic carboxylic acids is 1. The molecule has 0 aliphatic rings. The van der Waals surface area contributed by atoms with Gasteiger partial charge in [0.1, 0.15) is 6.04 Å². The number of benzene rings is 1. The quantitative estimate of drug-likeness (QED) is 0.777. The minimum absolute atomic E-state index is 0.0933. The van der Waals surface area contributed by atoms with E-state index in [4.69, 9.17) is 5.11 Å². The van der Waals surface area contributed by atoms with Crippen molar-refractivity contribution in [2.75, 3.05) is 5.32 Å². The Labute approximate surface area is 129 Å². The summed E-state index contributed by atoms with van der Waals surface area (Å²) in [4.78, 5) is 34.3. The first-order valence-corrected chi connectivity index (χ1v) is 7.02. The monoisotopic (exact) mass is 306 g/mol. The van der Waals surface area contributed by atoms with E-state index >= 15 is 0 Å². The molecule has 3 N–H and O–H groups in total. The number of carbonyl (C=O) groups is 3. The molecule has 0 saturated carbocycles. The van der Waals surface area contributed by atoms with Crippen molar-refractivity contribution in [2.45, 2.75) is 40.2 Å². The van der Waals surface area contributed by atoms with E-state index in [2.05, 4.69) is 10.6 Å². The topological polar surface area (TPSA) is 95.5 Å². The number of anilines is 1. The fourth-order valence-electron chi connectivity index (χ4n) is 1.73. The highest BCUT2D eigenvalue weighted by Crippen LogP contribution is 2.19. The van der Waals surface area contributed by atoms with Gasteiger partial charge >= 0.3 is 5.97 Å². The summed E-state index contributed by atoms with van der Waals surface area (Å²) in [5, 5.41) is 13.9. The highest BCUT2D eigenvalue weighted by atomic mass is 16.4. The van der Waals surface area contributed by atoms with Crippen LogP contribution in [0, 0.1) is 5.41 Å². The van der Waals surface area contributed by atoms with Crippen LogP contribution < -0.4 is 10.6 Å². The van der Waals surface area contributed by atoms with Gasteiger partial charge in [0.15, 0.2) is 0 Å². The van der Waals surface area contributed by atoms with Crippen molar-refractivity contribution in [2.24, 2.45) is 5.41 Å². The Kier molecular flexibility index (Phi) is 5.68. The Bertz CT molecular complexity index is 559. The van der Waals surface area contributed by atoms with Crippen molar-refractivity contribution in [1.29, 1.82) is 0 Å². The molecule has 0 spiro atoms. The molecule has 1 atom stereocenters. The summed E-state index contributed by atoms with van der Waals surface area (Å²) in [5.41, 5.74) is 0.829. The first-order valence-electron chi connectivity index (χ1n) is 7.02. The molecule has 1 rings (SSSR count). The lowest BCUT2D eigenvalue weighted by Crippen LogP contribution is -2.38. The first-order chi connectivity index (χ1) is 10.1. The van der Waals surface area contributed by atoms with Crippen LogP contribution >= 0.6 is 0 Å². The van der Waals surface area contributed by atoms with E-state index in [1.54, 1.807) is 12.1 Å². The molecular weight excluding hydrogens is 284 g/mol. The van der Waals surface area contributed by atoms with Gasteiger partial charge in [0.25, 0.3) is 5.91 Å². The lowest BCUT2D eigenvalue weighted by atomic mass is 9.92. The van der Waals surface area contributed by atoms with Gasteiger partial charge in [0.2, 0.25) is 5.91 Å². The number of carboxylic acids is 1. The molecule has 0 fully saturated rings. The number of amides is 2. The largest absolute Gasteiger partial charge is 0.480 e. The van der Waals surface area contributed by atoms with E-state index in [-0.39, 0.29) is 11.3 Å². The first kappa shape index (κ1) is 17.7. The van der Waals surface area contributed by atoms with E-state index in [0.29, 0.717) is 17.7 Å². The summed E-state index contributed by atoms with van der Waals surface area (Å²) >= 11 is 0. The van der Waals surface area contributed by atoms with Crippen molar-refractivity contribution >= 4 is 23.5 Å². The van der Waals surface area contributed by atoms with Crippen LogP contribution in [0.15, 0.2) is 24.3 Å². The smallest absolute Gasteiger partial charge is 0.325 e. The van der Waals surface area contributed by atoms with Crippen LogP contribution in [0.3, 0.4) is 0 Å². The lowest BCUT2D eigenvalue weighted by Gasteiger charge is -2.17. The molecule has 0 bridgehead atoms. The zero-order chi connectivity index (χ0) is 16.9. The van der Waals surface area contributed by atoms with Crippen LogP contribution in [0.25, 0.3) is 0 Å². The number of carboxylic acid groups (broad SMARTS) is 1. The van der Waals surface area contributed by atoms with E-state index in [9.17, 15) is 14.4 Å². The molecule has 2 amide bonds. The van der Waals surface area contributed by atoms with Crippen LogP contribution in [0.5, 0.6) is 0 Å². The molecule has 0 radical (unpaired) electrons. The lowest BCUT2D eigenvalue weighted by molar-refractivity contribution is -0.138. The van der Waals surface area contributed by atoms with Crippen molar-refractivity contribution in [1.82, 2.24) is 5.32 Å². The fourth-order valence-corrected chi connectivity index (χ4v) is 1.73. The normalized spacial score (nSPS) is 12.4. The molecule has 0 aromatic heterocycles. The number of rotatable bonds is 5. The second kappa shape index (κ2) is 7.06. The van der Waals surface area contributed by atoms with Crippen LogP contribution in [-0.4, -0.2) is 28.9 Å². The average molecular weight is 306 g/mol. The summed E-state index contributed by atoms with van der Waals surface area (Å²) in [6.45, 7) is 7.32. The van der Waals surface area contributed by atoms with E-state index in [0.717, 1.165) is 0 Å². The van der Waals surface area contributed by atoms with Crippen LogP contribution in [0.2, 0.25) is 0 Å². The minimum Gasteiger partial charge on any atom is -0.480 e. The molecule has 120 valence electrons. The Morgan fingerprint density at radius 2 is 1.68 bits per heavy atom. The zero-order valence-corrected chi connectivity index (χ0v) is 13.3. The Morgan fingerprint density at radius 1 is 1.14 bits per heavy atom. The summed E-state index contributed by atoms with van der Waals surface area (Å²) in [6, 6.07) is 5.34. The van der Waals surface area contributed by atoms with Crippen molar-refractivity contribution in [3.8, 4) is 0 Å². The van der Waals surface area contributed by atoms with Gasteiger partial charge in [-0.2, -0.15) is 0 Å². The molecule has 0 aliphatic heterocycles. The zero-order valence-electron chi connectivity index (χ0n) is 13.3. The van der Waals surface area contributed by atoms with Gasteiger partial charge in [0, 0.05) is 17.7 Å². The summed E-state index contributed by atoms with van der Waals surface area (Å²) < 4.78 is 0. The van der Waals surface area contributed by atoms with Gasteiger partial charge in [-0.3, -0.25) is 14.4 Å². The highest BCUT2D eigenvalue weighted by Gasteiger charge is 2.17. The van der Waals surface area contributed by atoms with Gasteiger partial charge in [-0.25, -0.2) is 0 Å². The molecule has 6 heteroatoms. The SMILES string of the molecule is CC(NC(=O)c1ccc(NC(=O)CC(C)(C)C)cc1)C(=O)O. The summed E-state index contributed by atoms with van der Waals surface area (Å²) in [5.74, 6) is -1.66. The van der Waals surface area contributed by atoms with Gasteiger partial charge in [-0.1, -0.05) is 20.8 Å². The van der Waals surface area contributed by atoms with Gasteiger partial charge in [0.05, 0.1) is 0 Å². The average Bonchev–Trinajstić information content (AvgIpc) is 2.36. The van der Waals surface area contributed by atoms with Gasteiger partial charge in [-0.05, 0) is 36.6 Å². The molecule has 6 nitrogen and oxygen atoms in total. The molecule has 1 aromatic carbocycles. The standard InChI is InChI=1S/C16H22N2O4/c1-10(15(21)22)17-14(20)11-5-7-12(8-6-11)18-13(19)9-16(2,3)4/h5-8,10H,9H2,1-4H3,(H,17,20)(H,18,19)(H,21,22). The summed E-state index contributed by atoms with van der Waals surface area (Å²) in [6.07, 6.45) is 0.394. The van der Waals surface area contributed by atoms with E-state index in [1.165, 1.54) is 19.1 Å². The third kappa shape index (κ3) is 5.95. The Morgan fingerprint density at radius 3 is 2.14 bits per heavy atom. The van der Waals surface area contributed by atoms with E-state index in [1.807, 2.05) is 20.8 Å². The van der Waals surface area contributed by atoms with Crippen LogP contribution in [0.1, 0.15) is 44.5 Å². The third-order valence-electron chi connectivity index (χ3n) is 2.84. The molecule has 0 saturated heterocycles. The second-order valence-electron chi connectivity index (χ2n) is 6.40. The third-order valence-corrected chi connectivity index (χ3v) is 2.84. The Hall–Kier alpha value is -2.37. The van der Waals surface area contributed by atoms with E-state index < -0.39 is 17.9 Å². The van der Waals surface area contributed by atoms with Crippen LogP contribution in [-0.2, 0) is 9.59 Å². The maximum absolute atomic E-state index is 11.8. The maximum atomic E-state index is 11.8. The van der Waals surface area contributed by atoms with Gasteiger partial charge < -0.3 is 15.7 Å². The minimum atomic E-state index is -1.10. The predicted molar refractivity (Wildman–Crippen MR) is 83.7 cm³/mol. The van der Waals surface area contributed by atoms with Crippen molar-refractivity contribution in [3.63, 3.8) is 0 Å². The molecule has 0 aliphatic carbocycles. The molecular formula is C16H22N2O4. The molecule has 1 unspecified atom stereocenters. The van der Waals surface area contributed by atoms with Crippen molar-refractivity contribution < 1.29 is 19.5 Å².